The number of Topliss-reactive ketones (excluding diaryl/α,β-unsaturated/α-hetero) is 1. The molecule has 1 heterocycles. The predicted molar refractivity (Wildman–Crippen MR) is 89.3 cm³/mol. The number of ketones is 1. The maximum Gasteiger partial charge on any atom is 0.242 e. The van der Waals surface area contributed by atoms with E-state index >= 15 is 0 Å². The monoisotopic (exact) mass is 330 g/mol. The molecule has 1 aromatic carbocycles. The van der Waals surface area contributed by atoms with Crippen LogP contribution in [0.4, 0.5) is 4.39 Å². The van der Waals surface area contributed by atoms with Crippen molar-refractivity contribution in [1.82, 2.24) is 10.0 Å². The van der Waals surface area contributed by atoms with Gasteiger partial charge in [0.1, 0.15) is 5.82 Å². The topological polar surface area (TPSA) is 40.6 Å². The van der Waals surface area contributed by atoms with Gasteiger partial charge in [0, 0.05) is 44.1 Å². The molecule has 4 nitrogen and oxygen atoms in total. The molecule has 0 bridgehead atoms. The van der Waals surface area contributed by atoms with Crippen LogP contribution in [0.25, 0.3) is 0 Å². The van der Waals surface area contributed by atoms with E-state index in [1.165, 1.54) is 12.1 Å². The van der Waals surface area contributed by atoms with Crippen LogP contribution in [-0.2, 0) is 9.59 Å². The molecule has 0 fully saturated rings. The molecule has 1 aliphatic heterocycles. The summed E-state index contributed by atoms with van der Waals surface area (Å²) in [6.45, 7) is 4.10. The third-order valence-electron chi connectivity index (χ3n) is 4.79. The van der Waals surface area contributed by atoms with E-state index in [-0.39, 0.29) is 35.3 Å². The third-order valence-corrected chi connectivity index (χ3v) is 4.79. The quantitative estimate of drug-likeness (QED) is 0.836. The van der Waals surface area contributed by atoms with Crippen LogP contribution in [0.1, 0.15) is 44.6 Å². The van der Waals surface area contributed by atoms with Gasteiger partial charge in [0.25, 0.3) is 0 Å². The first kappa shape index (κ1) is 16.8. The van der Waals surface area contributed by atoms with Gasteiger partial charge in [-0.1, -0.05) is 26.0 Å². The molecule has 1 atom stereocenters. The minimum absolute atomic E-state index is 0.0291. The van der Waals surface area contributed by atoms with Gasteiger partial charge in [-0.3, -0.25) is 9.59 Å². The van der Waals surface area contributed by atoms with Gasteiger partial charge < -0.3 is 0 Å². The summed E-state index contributed by atoms with van der Waals surface area (Å²) in [6.07, 6.45) is 1.38. The maximum absolute atomic E-state index is 13.2. The Bertz CT molecular complexity index is 719. The van der Waals surface area contributed by atoms with Crippen molar-refractivity contribution in [3.8, 4) is 0 Å². The van der Waals surface area contributed by atoms with Gasteiger partial charge in [0.2, 0.25) is 5.91 Å². The minimum atomic E-state index is -0.318. The molecule has 24 heavy (non-hydrogen) atoms. The van der Waals surface area contributed by atoms with Crippen molar-refractivity contribution < 1.29 is 14.0 Å². The number of carbonyl (C=O) groups is 2. The van der Waals surface area contributed by atoms with Gasteiger partial charge in [0.05, 0.1) is 0 Å². The van der Waals surface area contributed by atoms with Crippen molar-refractivity contribution in [1.29, 1.82) is 0 Å². The first-order valence-electron chi connectivity index (χ1n) is 8.21. The SMILES string of the molecule is CN(C)N1C(=O)C[C@@H](c2ccc(F)cc2)C2=C1CC(C)(C)CC2=O. The van der Waals surface area contributed by atoms with Crippen LogP contribution in [-0.4, -0.2) is 35.8 Å². The summed E-state index contributed by atoms with van der Waals surface area (Å²) in [5.41, 5.74) is 2.17. The Morgan fingerprint density at radius 2 is 1.75 bits per heavy atom. The van der Waals surface area contributed by atoms with E-state index in [2.05, 4.69) is 13.8 Å². The lowest BCUT2D eigenvalue weighted by molar-refractivity contribution is -0.143. The van der Waals surface area contributed by atoms with Crippen LogP contribution >= 0.6 is 0 Å². The summed E-state index contributed by atoms with van der Waals surface area (Å²) in [6, 6.07) is 6.12. The summed E-state index contributed by atoms with van der Waals surface area (Å²) in [5, 5.41) is 3.38. The molecule has 0 unspecified atom stereocenters. The molecule has 1 amide bonds. The molecule has 3 rings (SSSR count). The second-order valence-corrected chi connectivity index (χ2v) is 7.66. The van der Waals surface area contributed by atoms with Crippen LogP contribution in [0.2, 0.25) is 0 Å². The lowest BCUT2D eigenvalue weighted by atomic mass is 9.69. The van der Waals surface area contributed by atoms with Crippen molar-refractivity contribution in [3.63, 3.8) is 0 Å². The highest BCUT2D eigenvalue weighted by molar-refractivity contribution is 6.01. The number of nitrogens with zero attached hydrogens (tertiary/aromatic N) is 2. The number of hydrogen-bond acceptors (Lipinski definition) is 3. The fourth-order valence-electron chi connectivity index (χ4n) is 3.84. The summed E-state index contributed by atoms with van der Waals surface area (Å²) in [4.78, 5) is 25.6. The lowest BCUT2D eigenvalue weighted by Crippen LogP contribution is -2.49. The van der Waals surface area contributed by atoms with Crippen molar-refractivity contribution in [3.05, 3.63) is 46.9 Å². The molecule has 0 spiro atoms. The van der Waals surface area contributed by atoms with Gasteiger partial charge in [-0.2, -0.15) is 0 Å². The van der Waals surface area contributed by atoms with Crippen LogP contribution in [0.3, 0.4) is 0 Å². The molecular formula is C19H23FN2O2. The van der Waals surface area contributed by atoms with E-state index in [0.29, 0.717) is 18.4 Å². The van der Waals surface area contributed by atoms with E-state index in [1.807, 2.05) is 14.1 Å². The van der Waals surface area contributed by atoms with Crippen LogP contribution < -0.4 is 0 Å². The maximum atomic E-state index is 13.2. The van der Waals surface area contributed by atoms with Crippen LogP contribution in [0, 0.1) is 11.2 Å². The van der Waals surface area contributed by atoms with Crippen LogP contribution in [0.15, 0.2) is 35.5 Å². The Hall–Kier alpha value is -2.01. The Kier molecular flexibility index (Phi) is 4.08. The van der Waals surface area contributed by atoms with E-state index in [0.717, 1.165) is 11.3 Å². The normalized spacial score (nSPS) is 23.8. The largest absolute Gasteiger partial charge is 0.294 e. The Morgan fingerprint density at radius 1 is 1.12 bits per heavy atom. The van der Waals surface area contributed by atoms with E-state index in [1.54, 1.807) is 22.2 Å². The molecule has 1 aliphatic carbocycles. The zero-order valence-electron chi connectivity index (χ0n) is 14.6. The lowest BCUT2D eigenvalue weighted by Gasteiger charge is -2.44. The summed E-state index contributed by atoms with van der Waals surface area (Å²) >= 11 is 0. The van der Waals surface area contributed by atoms with Gasteiger partial charge in [-0.15, -0.1) is 0 Å². The van der Waals surface area contributed by atoms with Crippen molar-refractivity contribution in [2.75, 3.05) is 14.1 Å². The Labute approximate surface area is 141 Å². The van der Waals surface area contributed by atoms with Gasteiger partial charge in [0.15, 0.2) is 5.78 Å². The van der Waals surface area contributed by atoms with E-state index < -0.39 is 0 Å². The summed E-state index contributed by atoms with van der Waals surface area (Å²) in [7, 11) is 3.62. The highest BCUT2D eigenvalue weighted by Crippen LogP contribution is 2.47. The molecule has 1 aromatic rings. The van der Waals surface area contributed by atoms with Gasteiger partial charge >= 0.3 is 0 Å². The molecule has 128 valence electrons. The molecule has 2 aliphatic rings. The first-order valence-corrected chi connectivity index (χ1v) is 8.21. The highest BCUT2D eigenvalue weighted by atomic mass is 19.1. The zero-order valence-corrected chi connectivity index (χ0v) is 14.6. The number of carbonyl (C=O) groups excluding carboxylic acids is 2. The molecular weight excluding hydrogens is 307 g/mol. The number of halogens is 1. The summed E-state index contributed by atoms with van der Waals surface area (Å²) in [5.74, 6) is -0.539. The Morgan fingerprint density at radius 3 is 2.33 bits per heavy atom. The average Bonchev–Trinajstić information content (AvgIpc) is 2.44. The predicted octanol–water partition coefficient (Wildman–Crippen LogP) is 3.26. The number of benzene rings is 1. The van der Waals surface area contributed by atoms with Gasteiger partial charge in [-0.25, -0.2) is 14.4 Å². The second-order valence-electron chi connectivity index (χ2n) is 7.66. The van der Waals surface area contributed by atoms with Crippen LogP contribution in [0.5, 0.6) is 0 Å². The van der Waals surface area contributed by atoms with E-state index in [9.17, 15) is 14.0 Å². The summed E-state index contributed by atoms with van der Waals surface area (Å²) < 4.78 is 13.2. The number of allylic oxidation sites excluding steroid dienone is 2. The molecule has 0 saturated carbocycles. The average molecular weight is 330 g/mol. The second kappa shape index (κ2) is 5.81. The standard InChI is InChI=1S/C19H23FN2O2/c1-19(2)10-15-18(16(23)11-19)14(9-17(24)22(15)21(3)4)12-5-7-13(20)8-6-12/h5-8,14H,9-11H2,1-4H3/t14-/m0/s1. The van der Waals surface area contributed by atoms with E-state index in [4.69, 9.17) is 0 Å². The Balaban J connectivity index is 2.15. The number of hydrogen-bond donors (Lipinski definition) is 0. The van der Waals surface area contributed by atoms with Gasteiger partial charge in [-0.05, 0) is 29.5 Å². The molecule has 0 N–H and O–H groups in total. The van der Waals surface area contributed by atoms with Crippen molar-refractivity contribution in [2.45, 2.75) is 39.0 Å². The zero-order chi connectivity index (χ0) is 17.6. The fourth-order valence-corrected chi connectivity index (χ4v) is 3.84. The fraction of sp³-hybridized carbons (Fsp3) is 0.474. The smallest absolute Gasteiger partial charge is 0.242 e. The molecule has 0 radical (unpaired) electrons. The third kappa shape index (κ3) is 2.88. The van der Waals surface area contributed by atoms with Crippen molar-refractivity contribution >= 4 is 11.7 Å². The van der Waals surface area contributed by atoms with Crippen molar-refractivity contribution in [2.24, 2.45) is 5.41 Å². The number of hydrazine groups is 1. The number of rotatable bonds is 2. The minimum Gasteiger partial charge on any atom is -0.294 e. The molecule has 5 heteroatoms. The first-order chi connectivity index (χ1) is 11.2. The molecule has 0 aromatic heterocycles. The molecule has 0 saturated heterocycles. The number of amides is 1. The highest BCUT2D eigenvalue weighted by Gasteiger charge is 2.44.